The maximum Gasteiger partial charge on any atom is 0.418 e. The zero-order chi connectivity index (χ0) is 25.9. The SMILES string of the molecule is Cc1ccc2c(OCCN3CCC(=Cc4ccc(C(F)(F)F)c(NS(C)(=O)=O)c4)CC3)cccc2n1. The number of anilines is 1. The van der Waals surface area contributed by atoms with Crippen molar-refractivity contribution < 1.29 is 26.3 Å². The number of pyridine rings is 1. The molecule has 2 aromatic carbocycles. The first-order valence-electron chi connectivity index (χ1n) is 11.6. The molecule has 0 unspecified atom stereocenters. The van der Waals surface area contributed by atoms with Crippen molar-refractivity contribution in [2.75, 3.05) is 37.2 Å². The first-order chi connectivity index (χ1) is 17.0. The number of halogens is 3. The summed E-state index contributed by atoms with van der Waals surface area (Å²) in [4.78, 5) is 6.82. The molecule has 1 aliphatic rings. The highest BCUT2D eigenvalue weighted by atomic mass is 32.2. The number of ether oxygens (including phenoxy) is 1. The molecule has 4 rings (SSSR count). The van der Waals surface area contributed by atoms with Crippen molar-refractivity contribution in [1.82, 2.24) is 9.88 Å². The van der Waals surface area contributed by atoms with Crippen LogP contribution in [0.25, 0.3) is 17.0 Å². The molecule has 0 aliphatic carbocycles. The number of nitrogens with zero attached hydrogens (tertiary/aromatic N) is 2. The second-order valence-corrected chi connectivity index (χ2v) is 10.7. The third kappa shape index (κ3) is 6.76. The van der Waals surface area contributed by atoms with Crippen molar-refractivity contribution in [2.45, 2.75) is 25.9 Å². The molecular formula is C26H28F3N3O3S. The maximum absolute atomic E-state index is 13.3. The normalized spacial score (nSPS) is 15.2. The summed E-state index contributed by atoms with van der Waals surface area (Å²) in [5.74, 6) is 0.804. The van der Waals surface area contributed by atoms with Crippen molar-refractivity contribution in [2.24, 2.45) is 0 Å². The lowest BCUT2D eigenvalue weighted by Gasteiger charge is -2.28. The van der Waals surface area contributed by atoms with E-state index in [1.807, 2.05) is 48.1 Å². The standard InChI is InChI=1S/C26H28F3N3O3S/c1-18-6-8-21-23(30-18)4-3-5-25(21)35-15-14-32-12-10-19(11-13-32)16-20-7-9-22(26(27,28)29)24(17-20)31-36(2,33)34/h3-9,16-17,31H,10-15H2,1-2H3. The van der Waals surface area contributed by atoms with Gasteiger partial charge in [0, 0.05) is 30.7 Å². The van der Waals surface area contributed by atoms with E-state index in [4.69, 9.17) is 4.74 Å². The molecule has 1 aromatic heterocycles. The summed E-state index contributed by atoms with van der Waals surface area (Å²) in [6, 6.07) is 13.3. The van der Waals surface area contributed by atoms with E-state index in [1.54, 1.807) is 0 Å². The van der Waals surface area contributed by atoms with Gasteiger partial charge in [0.15, 0.2) is 0 Å². The van der Waals surface area contributed by atoms with E-state index in [9.17, 15) is 21.6 Å². The van der Waals surface area contributed by atoms with Crippen LogP contribution < -0.4 is 9.46 Å². The average molecular weight is 520 g/mol. The molecular weight excluding hydrogens is 491 g/mol. The summed E-state index contributed by atoms with van der Waals surface area (Å²) in [5, 5.41) is 0.980. The fourth-order valence-corrected chi connectivity index (χ4v) is 4.83. The van der Waals surface area contributed by atoms with Crippen LogP contribution in [0.5, 0.6) is 5.75 Å². The van der Waals surface area contributed by atoms with Crippen LogP contribution in [0.3, 0.4) is 0 Å². The molecule has 6 nitrogen and oxygen atoms in total. The number of rotatable bonds is 7. The molecule has 1 aliphatic heterocycles. The summed E-state index contributed by atoms with van der Waals surface area (Å²) in [7, 11) is -3.85. The van der Waals surface area contributed by atoms with Crippen LogP contribution in [0.1, 0.15) is 29.7 Å². The summed E-state index contributed by atoms with van der Waals surface area (Å²) < 4.78 is 71.0. The molecule has 1 fully saturated rings. The second-order valence-electron chi connectivity index (χ2n) is 8.95. The summed E-state index contributed by atoms with van der Waals surface area (Å²) in [5.41, 5.74) is 2.01. The van der Waals surface area contributed by atoms with Gasteiger partial charge in [-0.05, 0) is 61.7 Å². The van der Waals surface area contributed by atoms with Crippen LogP contribution in [0, 0.1) is 6.92 Å². The van der Waals surface area contributed by atoms with Crippen molar-refractivity contribution in [3.63, 3.8) is 0 Å². The predicted octanol–water partition coefficient (Wildman–Crippen LogP) is 5.49. The molecule has 0 amide bonds. The van der Waals surface area contributed by atoms with E-state index in [0.29, 0.717) is 12.2 Å². The van der Waals surface area contributed by atoms with Crippen molar-refractivity contribution >= 4 is 32.7 Å². The monoisotopic (exact) mass is 519 g/mol. The van der Waals surface area contributed by atoms with Gasteiger partial charge in [-0.1, -0.05) is 23.8 Å². The smallest absolute Gasteiger partial charge is 0.418 e. The van der Waals surface area contributed by atoms with Gasteiger partial charge in [0.25, 0.3) is 0 Å². The Morgan fingerprint density at radius 3 is 2.56 bits per heavy atom. The van der Waals surface area contributed by atoms with Gasteiger partial charge in [-0.3, -0.25) is 14.6 Å². The van der Waals surface area contributed by atoms with E-state index in [0.717, 1.165) is 72.7 Å². The van der Waals surface area contributed by atoms with Gasteiger partial charge in [-0.2, -0.15) is 13.2 Å². The van der Waals surface area contributed by atoms with Crippen molar-refractivity contribution in [3.05, 3.63) is 70.9 Å². The van der Waals surface area contributed by atoms with E-state index < -0.39 is 27.5 Å². The number of nitrogens with one attached hydrogen (secondary N) is 1. The quantitative estimate of drug-likeness (QED) is 0.447. The van der Waals surface area contributed by atoms with Gasteiger partial charge < -0.3 is 4.74 Å². The number of hydrogen-bond acceptors (Lipinski definition) is 5. The molecule has 0 atom stereocenters. The third-order valence-electron chi connectivity index (χ3n) is 6.01. The maximum atomic E-state index is 13.3. The number of fused-ring (bicyclic) bond motifs is 1. The van der Waals surface area contributed by atoms with Crippen LogP contribution in [0.2, 0.25) is 0 Å². The highest BCUT2D eigenvalue weighted by molar-refractivity contribution is 7.92. The molecule has 0 bridgehead atoms. The van der Waals surface area contributed by atoms with Gasteiger partial charge in [-0.15, -0.1) is 0 Å². The number of piperidine rings is 1. The first-order valence-corrected chi connectivity index (χ1v) is 13.5. The van der Waals surface area contributed by atoms with Crippen molar-refractivity contribution in [1.29, 1.82) is 0 Å². The molecule has 192 valence electrons. The molecule has 10 heteroatoms. The number of aryl methyl sites for hydroxylation is 1. The second kappa shape index (κ2) is 10.5. The molecule has 2 heterocycles. The van der Waals surface area contributed by atoms with Crippen LogP contribution in [-0.2, 0) is 16.2 Å². The van der Waals surface area contributed by atoms with Crippen molar-refractivity contribution in [3.8, 4) is 5.75 Å². The van der Waals surface area contributed by atoms with E-state index in [-0.39, 0.29) is 0 Å². The largest absolute Gasteiger partial charge is 0.492 e. The minimum absolute atomic E-state index is 0.465. The Balaban J connectivity index is 1.35. The molecule has 0 saturated carbocycles. The lowest BCUT2D eigenvalue weighted by atomic mass is 10.00. The highest BCUT2D eigenvalue weighted by Crippen LogP contribution is 2.36. The van der Waals surface area contributed by atoms with Gasteiger partial charge >= 0.3 is 6.18 Å². The predicted molar refractivity (Wildman–Crippen MR) is 136 cm³/mol. The minimum Gasteiger partial charge on any atom is -0.492 e. The number of alkyl halides is 3. The Kier molecular flexibility index (Phi) is 7.56. The Hall–Kier alpha value is -3.11. The summed E-state index contributed by atoms with van der Waals surface area (Å²) in [6.07, 6.45) is -0.448. The molecule has 36 heavy (non-hydrogen) atoms. The zero-order valence-corrected chi connectivity index (χ0v) is 20.9. The molecule has 1 saturated heterocycles. The van der Waals surface area contributed by atoms with Gasteiger partial charge in [0.1, 0.15) is 12.4 Å². The van der Waals surface area contributed by atoms with E-state index in [2.05, 4.69) is 9.88 Å². The van der Waals surface area contributed by atoms with E-state index >= 15 is 0 Å². The zero-order valence-electron chi connectivity index (χ0n) is 20.1. The number of benzene rings is 2. The lowest BCUT2D eigenvalue weighted by Crippen LogP contribution is -2.34. The van der Waals surface area contributed by atoms with Gasteiger partial charge in [0.05, 0.1) is 23.0 Å². The van der Waals surface area contributed by atoms with Crippen LogP contribution >= 0.6 is 0 Å². The van der Waals surface area contributed by atoms with E-state index in [1.165, 1.54) is 12.1 Å². The van der Waals surface area contributed by atoms with Crippen LogP contribution in [-0.4, -0.2) is 50.8 Å². The molecule has 0 spiro atoms. The molecule has 3 aromatic rings. The number of sulfonamides is 1. The topological polar surface area (TPSA) is 71.5 Å². The average Bonchev–Trinajstić information content (AvgIpc) is 2.78. The third-order valence-corrected chi connectivity index (χ3v) is 6.60. The Morgan fingerprint density at radius 2 is 1.86 bits per heavy atom. The van der Waals surface area contributed by atoms with Gasteiger partial charge in [0.2, 0.25) is 10.0 Å². The highest BCUT2D eigenvalue weighted by Gasteiger charge is 2.34. The summed E-state index contributed by atoms with van der Waals surface area (Å²) >= 11 is 0. The Morgan fingerprint density at radius 1 is 1.11 bits per heavy atom. The number of hydrogen-bond donors (Lipinski definition) is 1. The molecule has 1 N–H and O–H groups in total. The molecule has 0 radical (unpaired) electrons. The van der Waals surface area contributed by atoms with Crippen LogP contribution in [0.15, 0.2) is 54.1 Å². The Labute approximate surface area is 208 Å². The number of aromatic nitrogens is 1. The Bertz CT molecular complexity index is 1380. The fourth-order valence-electron chi connectivity index (χ4n) is 4.27. The lowest BCUT2D eigenvalue weighted by molar-refractivity contribution is -0.136. The fraction of sp³-hybridized carbons (Fsp3) is 0.346. The summed E-state index contributed by atoms with van der Waals surface area (Å²) in [6.45, 7) is 4.85. The number of likely N-dealkylation sites (tertiary alicyclic amines) is 1. The van der Waals surface area contributed by atoms with Crippen LogP contribution in [0.4, 0.5) is 18.9 Å². The van der Waals surface area contributed by atoms with Gasteiger partial charge in [-0.25, -0.2) is 8.42 Å². The first kappa shape index (κ1) is 26.0. The minimum atomic E-state index is -4.66.